The molecule has 1 aromatic heterocycles. The molecule has 3 aromatic rings. The zero-order valence-corrected chi connectivity index (χ0v) is 18.4. The van der Waals surface area contributed by atoms with E-state index in [1.165, 1.54) is 19.3 Å². The number of rotatable bonds is 6. The monoisotopic (exact) mass is 432 g/mol. The third-order valence-electron chi connectivity index (χ3n) is 5.24. The van der Waals surface area contributed by atoms with Gasteiger partial charge in [-0.2, -0.15) is 4.98 Å². The largest absolute Gasteiger partial charge is 0.497 e. The topological polar surface area (TPSA) is 91.4 Å². The van der Waals surface area contributed by atoms with Crippen molar-refractivity contribution in [2.24, 2.45) is 0 Å². The molecule has 4 rings (SSSR count). The molecule has 166 valence electrons. The van der Waals surface area contributed by atoms with Crippen LogP contribution >= 0.6 is 0 Å². The van der Waals surface area contributed by atoms with Gasteiger partial charge in [-0.15, -0.1) is 0 Å². The second kappa shape index (κ2) is 10.00. The Balaban J connectivity index is 1.36. The molecule has 0 unspecified atom stereocenters. The number of nitrogens with one attached hydrogen (secondary N) is 3. The standard InChI is InChI=1S/C24H28N6O2/c1-17-16-22(29-23(25-17)30-14-4-3-5-15-30)26-18-6-8-19(9-7-18)27-24(31)28-20-10-12-21(32-2)13-11-20/h6-13,16H,3-5,14-15H2,1-2H3,(H,25,26,29)(H2,27,28,31). The van der Waals surface area contributed by atoms with Crippen molar-refractivity contribution < 1.29 is 9.53 Å². The first kappa shape index (κ1) is 21.4. The lowest BCUT2D eigenvalue weighted by atomic mass is 10.1. The number of methoxy groups -OCH3 is 1. The van der Waals surface area contributed by atoms with Gasteiger partial charge in [0.15, 0.2) is 0 Å². The van der Waals surface area contributed by atoms with E-state index in [-0.39, 0.29) is 6.03 Å². The molecule has 0 saturated carbocycles. The number of carbonyl (C=O) groups excluding carboxylic acids is 1. The van der Waals surface area contributed by atoms with E-state index in [0.717, 1.165) is 42.0 Å². The fraction of sp³-hybridized carbons (Fsp3) is 0.292. The smallest absolute Gasteiger partial charge is 0.323 e. The highest BCUT2D eigenvalue weighted by Gasteiger charge is 2.14. The summed E-state index contributed by atoms with van der Waals surface area (Å²) in [5.41, 5.74) is 3.19. The number of hydrogen-bond acceptors (Lipinski definition) is 6. The molecular formula is C24H28N6O2. The van der Waals surface area contributed by atoms with Crippen LogP contribution in [0.4, 0.5) is 33.6 Å². The van der Waals surface area contributed by atoms with Crippen molar-refractivity contribution in [2.75, 3.05) is 41.0 Å². The minimum absolute atomic E-state index is 0.312. The molecule has 0 bridgehead atoms. The summed E-state index contributed by atoms with van der Waals surface area (Å²) in [5.74, 6) is 2.28. The van der Waals surface area contributed by atoms with Gasteiger partial charge in [0.1, 0.15) is 11.6 Å². The summed E-state index contributed by atoms with van der Waals surface area (Å²) in [7, 11) is 1.60. The highest BCUT2D eigenvalue weighted by Crippen LogP contribution is 2.22. The Kier molecular flexibility index (Phi) is 6.69. The maximum absolute atomic E-state index is 12.2. The van der Waals surface area contributed by atoms with Crippen LogP contribution in [0.2, 0.25) is 0 Å². The maximum Gasteiger partial charge on any atom is 0.323 e. The van der Waals surface area contributed by atoms with Gasteiger partial charge in [-0.1, -0.05) is 0 Å². The molecule has 0 atom stereocenters. The molecular weight excluding hydrogens is 404 g/mol. The highest BCUT2D eigenvalue weighted by atomic mass is 16.5. The number of piperidine rings is 1. The summed E-state index contributed by atoms with van der Waals surface area (Å²) in [4.78, 5) is 23.8. The van der Waals surface area contributed by atoms with Crippen LogP contribution in [0.15, 0.2) is 54.6 Å². The van der Waals surface area contributed by atoms with E-state index in [1.54, 1.807) is 31.4 Å². The summed E-state index contributed by atoms with van der Waals surface area (Å²) in [6, 6.07) is 16.3. The van der Waals surface area contributed by atoms with Crippen molar-refractivity contribution in [3.8, 4) is 5.75 Å². The summed E-state index contributed by atoms with van der Waals surface area (Å²) >= 11 is 0. The Labute approximate surface area is 188 Å². The first-order valence-electron chi connectivity index (χ1n) is 10.8. The summed E-state index contributed by atoms with van der Waals surface area (Å²) in [5, 5.41) is 8.96. The molecule has 32 heavy (non-hydrogen) atoms. The number of aromatic nitrogens is 2. The molecule has 1 aliphatic rings. The Morgan fingerprint density at radius 2 is 1.47 bits per heavy atom. The van der Waals surface area contributed by atoms with Crippen LogP contribution in [0, 0.1) is 6.92 Å². The minimum Gasteiger partial charge on any atom is -0.497 e. The van der Waals surface area contributed by atoms with Gasteiger partial charge in [-0.05, 0) is 74.7 Å². The maximum atomic E-state index is 12.2. The molecule has 1 fully saturated rings. The van der Waals surface area contributed by atoms with E-state index in [0.29, 0.717) is 11.4 Å². The van der Waals surface area contributed by atoms with Gasteiger partial charge in [-0.25, -0.2) is 9.78 Å². The Hall–Kier alpha value is -3.81. The molecule has 2 heterocycles. The fourth-order valence-electron chi connectivity index (χ4n) is 3.60. The number of carbonyl (C=O) groups is 1. The average molecular weight is 433 g/mol. The van der Waals surface area contributed by atoms with E-state index in [4.69, 9.17) is 9.72 Å². The van der Waals surface area contributed by atoms with Crippen molar-refractivity contribution in [3.05, 3.63) is 60.3 Å². The molecule has 2 amide bonds. The van der Waals surface area contributed by atoms with Gasteiger partial charge in [0.25, 0.3) is 0 Å². The molecule has 0 spiro atoms. The predicted molar refractivity (Wildman–Crippen MR) is 128 cm³/mol. The van der Waals surface area contributed by atoms with Crippen LogP contribution in [0.3, 0.4) is 0 Å². The summed E-state index contributed by atoms with van der Waals surface area (Å²) in [6.07, 6.45) is 3.63. The van der Waals surface area contributed by atoms with Gasteiger partial charge < -0.3 is 25.6 Å². The molecule has 1 saturated heterocycles. The number of urea groups is 1. The normalized spacial score (nSPS) is 13.4. The van der Waals surface area contributed by atoms with E-state index in [2.05, 4.69) is 25.8 Å². The lowest BCUT2D eigenvalue weighted by Crippen LogP contribution is -2.31. The van der Waals surface area contributed by atoms with Gasteiger partial charge in [-0.3, -0.25) is 0 Å². The quantitative estimate of drug-likeness (QED) is 0.498. The van der Waals surface area contributed by atoms with Crippen LogP contribution in [0.1, 0.15) is 25.0 Å². The van der Waals surface area contributed by atoms with Crippen LogP contribution in [0.5, 0.6) is 5.75 Å². The van der Waals surface area contributed by atoms with Crippen LogP contribution in [-0.4, -0.2) is 36.2 Å². The van der Waals surface area contributed by atoms with Crippen LogP contribution in [-0.2, 0) is 0 Å². The van der Waals surface area contributed by atoms with E-state index in [9.17, 15) is 4.79 Å². The van der Waals surface area contributed by atoms with Gasteiger partial charge in [0.05, 0.1) is 7.11 Å². The predicted octanol–water partition coefficient (Wildman–Crippen LogP) is 5.17. The molecule has 0 aliphatic carbocycles. The number of nitrogens with zero attached hydrogens (tertiary/aromatic N) is 3. The lowest BCUT2D eigenvalue weighted by Gasteiger charge is -2.27. The van der Waals surface area contributed by atoms with Crippen molar-refractivity contribution in [3.63, 3.8) is 0 Å². The molecule has 8 heteroatoms. The zero-order chi connectivity index (χ0) is 22.3. The molecule has 3 N–H and O–H groups in total. The fourth-order valence-corrected chi connectivity index (χ4v) is 3.60. The molecule has 2 aromatic carbocycles. The Morgan fingerprint density at radius 3 is 2.09 bits per heavy atom. The third kappa shape index (κ3) is 5.66. The first-order valence-corrected chi connectivity index (χ1v) is 10.8. The van der Waals surface area contributed by atoms with Crippen LogP contribution < -0.4 is 25.6 Å². The minimum atomic E-state index is -0.312. The third-order valence-corrected chi connectivity index (χ3v) is 5.24. The SMILES string of the molecule is COc1ccc(NC(=O)Nc2ccc(Nc3cc(C)nc(N4CCCCC4)n3)cc2)cc1. The van der Waals surface area contributed by atoms with Crippen molar-refractivity contribution >= 4 is 34.9 Å². The van der Waals surface area contributed by atoms with Gasteiger partial charge in [0.2, 0.25) is 5.95 Å². The second-order valence-corrected chi connectivity index (χ2v) is 7.75. The van der Waals surface area contributed by atoms with Crippen molar-refractivity contribution in [2.45, 2.75) is 26.2 Å². The molecule has 0 radical (unpaired) electrons. The number of benzene rings is 2. The number of anilines is 5. The van der Waals surface area contributed by atoms with E-state index in [1.807, 2.05) is 37.3 Å². The average Bonchev–Trinajstić information content (AvgIpc) is 2.81. The number of amides is 2. The van der Waals surface area contributed by atoms with Crippen molar-refractivity contribution in [1.82, 2.24) is 9.97 Å². The van der Waals surface area contributed by atoms with E-state index >= 15 is 0 Å². The number of ether oxygens (including phenoxy) is 1. The number of hydrogen-bond donors (Lipinski definition) is 3. The van der Waals surface area contributed by atoms with Gasteiger partial charge >= 0.3 is 6.03 Å². The lowest BCUT2D eigenvalue weighted by molar-refractivity contribution is 0.262. The molecule has 8 nitrogen and oxygen atoms in total. The van der Waals surface area contributed by atoms with Crippen molar-refractivity contribution in [1.29, 1.82) is 0 Å². The second-order valence-electron chi connectivity index (χ2n) is 7.75. The number of aryl methyl sites for hydroxylation is 1. The Morgan fingerprint density at radius 1 is 0.875 bits per heavy atom. The van der Waals surface area contributed by atoms with Crippen LogP contribution in [0.25, 0.3) is 0 Å². The first-order chi connectivity index (χ1) is 15.6. The molecule has 1 aliphatic heterocycles. The summed E-state index contributed by atoms with van der Waals surface area (Å²) in [6.45, 7) is 3.98. The Bertz CT molecular complexity index is 1050. The van der Waals surface area contributed by atoms with E-state index < -0.39 is 0 Å². The zero-order valence-electron chi connectivity index (χ0n) is 18.4. The van der Waals surface area contributed by atoms with Gasteiger partial charge in [0, 0.05) is 41.9 Å². The highest BCUT2D eigenvalue weighted by molar-refractivity contribution is 5.99. The summed E-state index contributed by atoms with van der Waals surface area (Å²) < 4.78 is 5.12.